The molecule has 1 aliphatic rings. The first-order valence-electron chi connectivity index (χ1n) is 6.54. The Kier molecular flexibility index (Phi) is 3.51. The number of anilines is 2. The topological polar surface area (TPSA) is 15.3 Å². The van der Waals surface area contributed by atoms with Crippen molar-refractivity contribution in [3.8, 4) is 0 Å². The predicted molar refractivity (Wildman–Crippen MR) is 79.8 cm³/mol. The maximum absolute atomic E-state index is 3.51. The number of fused-ring (bicyclic) bond motifs is 1. The third-order valence-electron chi connectivity index (χ3n) is 3.37. The molecule has 3 rings (SSSR count). The summed E-state index contributed by atoms with van der Waals surface area (Å²) in [6.07, 6.45) is 2.35. The highest BCUT2D eigenvalue weighted by atomic mass is 32.1. The first-order chi connectivity index (χ1) is 8.93. The van der Waals surface area contributed by atoms with Gasteiger partial charge < -0.3 is 10.2 Å². The van der Waals surface area contributed by atoms with E-state index in [1.54, 1.807) is 0 Å². The summed E-state index contributed by atoms with van der Waals surface area (Å²) in [5, 5.41) is 5.67. The summed E-state index contributed by atoms with van der Waals surface area (Å²) >= 11 is 1.86. The van der Waals surface area contributed by atoms with Gasteiger partial charge in [0.1, 0.15) is 0 Å². The quantitative estimate of drug-likeness (QED) is 0.904. The number of benzene rings is 1. The average molecular weight is 258 g/mol. The summed E-state index contributed by atoms with van der Waals surface area (Å²) in [5.41, 5.74) is 2.63. The van der Waals surface area contributed by atoms with E-state index in [2.05, 4.69) is 52.0 Å². The number of nitrogens with zero attached hydrogens (tertiary/aromatic N) is 1. The lowest BCUT2D eigenvalue weighted by atomic mass is 10.2. The van der Waals surface area contributed by atoms with Crippen LogP contribution in [-0.4, -0.2) is 19.6 Å². The summed E-state index contributed by atoms with van der Waals surface area (Å²) in [4.78, 5) is 3.99. The van der Waals surface area contributed by atoms with Crippen molar-refractivity contribution in [3.63, 3.8) is 0 Å². The van der Waals surface area contributed by atoms with Gasteiger partial charge in [-0.3, -0.25) is 0 Å². The van der Waals surface area contributed by atoms with Gasteiger partial charge in [0.2, 0.25) is 0 Å². The first kappa shape index (κ1) is 11.6. The van der Waals surface area contributed by atoms with Crippen molar-refractivity contribution in [3.05, 3.63) is 46.7 Å². The van der Waals surface area contributed by atoms with Gasteiger partial charge in [-0.25, -0.2) is 0 Å². The predicted octanol–water partition coefficient (Wildman–Crippen LogP) is 3.61. The van der Waals surface area contributed by atoms with E-state index in [1.807, 2.05) is 11.3 Å². The van der Waals surface area contributed by atoms with Crippen molar-refractivity contribution >= 4 is 22.7 Å². The minimum Gasteiger partial charge on any atom is -0.383 e. The highest BCUT2D eigenvalue weighted by Gasteiger charge is 2.13. The van der Waals surface area contributed by atoms with Gasteiger partial charge in [0, 0.05) is 24.5 Å². The van der Waals surface area contributed by atoms with Gasteiger partial charge in [-0.2, -0.15) is 0 Å². The van der Waals surface area contributed by atoms with Crippen LogP contribution in [0.5, 0.6) is 0 Å². The summed E-state index contributed by atoms with van der Waals surface area (Å²) in [5.74, 6) is 0. The van der Waals surface area contributed by atoms with E-state index in [1.165, 1.54) is 22.7 Å². The summed E-state index contributed by atoms with van der Waals surface area (Å²) in [6, 6.07) is 13.0. The molecule has 0 aliphatic carbocycles. The van der Waals surface area contributed by atoms with Crippen LogP contribution >= 0.6 is 11.3 Å². The second kappa shape index (κ2) is 5.44. The van der Waals surface area contributed by atoms with Crippen molar-refractivity contribution < 1.29 is 0 Å². The highest BCUT2D eigenvalue weighted by Crippen LogP contribution is 2.28. The van der Waals surface area contributed by atoms with Gasteiger partial charge in [0.15, 0.2) is 0 Å². The fraction of sp³-hybridized carbons (Fsp3) is 0.333. The number of thiophene rings is 1. The lowest BCUT2D eigenvalue weighted by molar-refractivity contribution is 0.758. The normalized spacial score (nSPS) is 14.8. The molecular formula is C15H18N2S. The molecule has 0 spiro atoms. The first-order valence-corrected chi connectivity index (χ1v) is 7.42. The standard InChI is InChI=1S/C15H18N2S/c1-2-7-15-14(6-1)16-9-4-10-17(15)11-8-13-5-3-12-18-13/h1-3,5-7,12,16H,4,8-11H2. The van der Waals surface area contributed by atoms with Crippen LogP contribution in [-0.2, 0) is 6.42 Å². The molecule has 0 saturated carbocycles. The van der Waals surface area contributed by atoms with Gasteiger partial charge in [-0.1, -0.05) is 18.2 Å². The minimum absolute atomic E-state index is 1.08. The van der Waals surface area contributed by atoms with Crippen LogP contribution in [0, 0.1) is 0 Å². The molecule has 1 aliphatic heterocycles. The Morgan fingerprint density at radius 1 is 1.17 bits per heavy atom. The van der Waals surface area contributed by atoms with Gasteiger partial charge in [0.25, 0.3) is 0 Å². The highest BCUT2D eigenvalue weighted by molar-refractivity contribution is 7.09. The van der Waals surface area contributed by atoms with E-state index in [0.29, 0.717) is 0 Å². The molecule has 18 heavy (non-hydrogen) atoms. The third kappa shape index (κ3) is 2.51. The molecule has 1 N–H and O–H groups in total. The Morgan fingerprint density at radius 2 is 2.11 bits per heavy atom. The number of hydrogen-bond donors (Lipinski definition) is 1. The molecule has 0 atom stereocenters. The molecule has 3 heteroatoms. The van der Waals surface area contributed by atoms with E-state index < -0.39 is 0 Å². The summed E-state index contributed by atoms with van der Waals surface area (Å²) in [7, 11) is 0. The van der Waals surface area contributed by atoms with Gasteiger partial charge >= 0.3 is 0 Å². The van der Waals surface area contributed by atoms with Crippen LogP contribution in [0.25, 0.3) is 0 Å². The molecule has 2 heterocycles. The smallest absolute Gasteiger partial charge is 0.0602 e. The van der Waals surface area contributed by atoms with Crippen molar-refractivity contribution in [2.75, 3.05) is 29.9 Å². The number of hydrogen-bond acceptors (Lipinski definition) is 3. The fourth-order valence-corrected chi connectivity index (χ4v) is 3.14. The largest absolute Gasteiger partial charge is 0.383 e. The zero-order valence-corrected chi connectivity index (χ0v) is 11.2. The van der Waals surface area contributed by atoms with Gasteiger partial charge in [0.05, 0.1) is 11.4 Å². The summed E-state index contributed by atoms with van der Waals surface area (Å²) in [6.45, 7) is 3.33. The van der Waals surface area contributed by atoms with Crippen molar-refractivity contribution in [2.45, 2.75) is 12.8 Å². The Balaban J connectivity index is 1.75. The molecule has 0 fully saturated rings. The minimum atomic E-state index is 1.08. The number of para-hydroxylation sites is 2. The molecule has 2 aromatic rings. The molecule has 0 amide bonds. The van der Waals surface area contributed by atoms with Crippen molar-refractivity contribution in [1.82, 2.24) is 0 Å². The van der Waals surface area contributed by atoms with E-state index in [-0.39, 0.29) is 0 Å². The number of rotatable bonds is 3. The Bertz CT molecular complexity index is 493. The molecule has 2 nitrogen and oxygen atoms in total. The molecule has 0 saturated heterocycles. The lowest BCUT2D eigenvalue weighted by Gasteiger charge is -2.24. The average Bonchev–Trinajstić information content (AvgIpc) is 2.84. The Labute approximate surface area is 112 Å². The molecule has 0 bridgehead atoms. The Morgan fingerprint density at radius 3 is 3.00 bits per heavy atom. The monoisotopic (exact) mass is 258 g/mol. The maximum Gasteiger partial charge on any atom is 0.0602 e. The van der Waals surface area contributed by atoms with Crippen LogP contribution in [0.15, 0.2) is 41.8 Å². The van der Waals surface area contributed by atoms with Crippen molar-refractivity contribution in [1.29, 1.82) is 0 Å². The summed E-state index contributed by atoms with van der Waals surface area (Å²) < 4.78 is 0. The molecule has 94 valence electrons. The fourth-order valence-electron chi connectivity index (χ4n) is 2.44. The van der Waals surface area contributed by atoms with Crippen LogP contribution in [0.4, 0.5) is 11.4 Å². The van der Waals surface area contributed by atoms with E-state index in [4.69, 9.17) is 0 Å². The van der Waals surface area contributed by atoms with Crippen LogP contribution in [0.3, 0.4) is 0 Å². The molecule has 1 aromatic heterocycles. The number of nitrogens with one attached hydrogen (secondary N) is 1. The van der Waals surface area contributed by atoms with Crippen LogP contribution < -0.4 is 10.2 Å². The maximum atomic E-state index is 3.51. The Hall–Kier alpha value is -1.48. The molecule has 0 radical (unpaired) electrons. The second-order valence-corrected chi connectivity index (χ2v) is 5.65. The van der Waals surface area contributed by atoms with E-state index in [9.17, 15) is 0 Å². The SMILES string of the molecule is c1csc(CCN2CCCNc3ccccc32)c1. The van der Waals surface area contributed by atoms with E-state index in [0.717, 1.165) is 26.1 Å². The molecule has 1 aromatic carbocycles. The third-order valence-corrected chi connectivity index (χ3v) is 4.31. The van der Waals surface area contributed by atoms with Crippen LogP contribution in [0.1, 0.15) is 11.3 Å². The van der Waals surface area contributed by atoms with Gasteiger partial charge in [-0.15, -0.1) is 11.3 Å². The van der Waals surface area contributed by atoms with Crippen molar-refractivity contribution in [2.24, 2.45) is 0 Å². The molecule has 0 unspecified atom stereocenters. The zero-order valence-electron chi connectivity index (χ0n) is 10.4. The molecular weight excluding hydrogens is 240 g/mol. The van der Waals surface area contributed by atoms with Crippen LogP contribution in [0.2, 0.25) is 0 Å². The second-order valence-electron chi connectivity index (χ2n) is 4.61. The lowest BCUT2D eigenvalue weighted by Crippen LogP contribution is -2.26. The zero-order chi connectivity index (χ0) is 12.2. The van der Waals surface area contributed by atoms with Gasteiger partial charge in [-0.05, 0) is 36.4 Å². The van der Waals surface area contributed by atoms with E-state index >= 15 is 0 Å².